The zero-order valence-electron chi connectivity index (χ0n) is 18.2. The fourth-order valence-corrected chi connectivity index (χ4v) is 3.88. The van der Waals surface area contributed by atoms with Crippen molar-refractivity contribution in [3.63, 3.8) is 0 Å². The van der Waals surface area contributed by atoms with Crippen LogP contribution in [-0.4, -0.2) is 55.4 Å². The number of nitrogens with zero attached hydrogens (tertiary/aromatic N) is 4. The lowest BCUT2D eigenvalue weighted by Crippen LogP contribution is -2.36. The van der Waals surface area contributed by atoms with Gasteiger partial charge in [-0.2, -0.15) is 4.98 Å². The summed E-state index contributed by atoms with van der Waals surface area (Å²) in [5.74, 6) is 2.11. The Kier molecular flexibility index (Phi) is 5.51. The van der Waals surface area contributed by atoms with Crippen LogP contribution in [-0.2, 0) is 4.74 Å². The number of H-pyrrole nitrogens is 1. The highest BCUT2D eigenvalue weighted by molar-refractivity contribution is 5.84. The van der Waals surface area contributed by atoms with Gasteiger partial charge >= 0.3 is 0 Å². The van der Waals surface area contributed by atoms with Crippen LogP contribution >= 0.6 is 0 Å². The van der Waals surface area contributed by atoms with Gasteiger partial charge in [-0.15, -0.1) is 0 Å². The molecule has 2 aromatic carbocycles. The number of morpholine rings is 1. The van der Waals surface area contributed by atoms with Crippen LogP contribution in [0.4, 0.5) is 28.8 Å². The van der Waals surface area contributed by atoms with Crippen LogP contribution in [0.25, 0.3) is 10.9 Å². The third-order valence-corrected chi connectivity index (χ3v) is 5.67. The molecule has 2 N–H and O–H groups in total. The fraction of sp³-hybridized carbons (Fsp3) is 0.250. The van der Waals surface area contributed by atoms with Crippen LogP contribution in [0.2, 0.25) is 0 Å². The Balaban J connectivity index is 1.39. The molecule has 8 nitrogen and oxygen atoms in total. The van der Waals surface area contributed by atoms with E-state index < -0.39 is 0 Å². The molecule has 0 amide bonds. The van der Waals surface area contributed by atoms with Crippen LogP contribution in [0.5, 0.6) is 5.75 Å². The van der Waals surface area contributed by atoms with E-state index >= 15 is 0 Å². The molecule has 1 aliphatic heterocycles. The average Bonchev–Trinajstić information content (AvgIpc) is 3.32. The Labute approximate surface area is 186 Å². The van der Waals surface area contributed by atoms with Crippen molar-refractivity contribution in [2.75, 3.05) is 55.6 Å². The van der Waals surface area contributed by atoms with E-state index in [-0.39, 0.29) is 0 Å². The predicted molar refractivity (Wildman–Crippen MR) is 128 cm³/mol. The minimum absolute atomic E-state index is 0.526. The number of methoxy groups -OCH3 is 1. The first-order valence-electron chi connectivity index (χ1n) is 10.6. The van der Waals surface area contributed by atoms with E-state index in [1.807, 2.05) is 36.3 Å². The van der Waals surface area contributed by atoms with Gasteiger partial charge in [0.2, 0.25) is 5.95 Å². The molecule has 4 aromatic rings. The second-order valence-corrected chi connectivity index (χ2v) is 7.69. The van der Waals surface area contributed by atoms with Gasteiger partial charge in [0, 0.05) is 72.6 Å². The third kappa shape index (κ3) is 4.17. The normalized spacial score (nSPS) is 13.9. The molecule has 0 aliphatic carbocycles. The minimum Gasteiger partial charge on any atom is -0.497 e. The van der Waals surface area contributed by atoms with Crippen molar-refractivity contribution >= 4 is 39.7 Å². The number of benzene rings is 2. The molecule has 5 rings (SSSR count). The number of aromatic nitrogens is 3. The highest BCUT2D eigenvalue weighted by atomic mass is 16.5. The Bertz CT molecular complexity index is 1220. The maximum absolute atomic E-state index is 5.52. The lowest BCUT2D eigenvalue weighted by atomic mass is 10.2. The summed E-state index contributed by atoms with van der Waals surface area (Å²) < 4.78 is 11.0. The van der Waals surface area contributed by atoms with Crippen LogP contribution in [0.15, 0.2) is 60.9 Å². The number of fused-ring (bicyclic) bond motifs is 1. The van der Waals surface area contributed by atoms with Crippen LogP contribution < -0.4 is 19.9 Å². The molecular weight excluding hydrogens is 404 g/mol. The van der Waals surface area contributed by atoms with E-state index in [1.165, 1.54) is 0 Å². The number of ether oxygens (including phenoxy) is 2. The van der Waals surface area contributed by atoms with Gasteiger partial charge in [-0.25, -0.2) is 4.98 Å². The number of aromatic amines is 1. The molecule has 1 saturated heterocycles. The highest BCUT2D eigenvalue weighted by Gasteiger charge is 2.14. The zero-order valence-corrected chi connectivity index (χ0v) is 18.2. The number of nitrogens with one attached hydrogen (secondary N) is 2. The van der Waals surface area contributed by atoms with E-state index in [4.69, 9.17) is 14.5 Å². The Morgan fingerprint density at radius 1 is 1.09 bits per heavy atom. The second kappa shape index (κ2) is 8.76. The average molecular weight is 431 g/mol. The number of hydrogen-bond donors (Lipinski definition) is 2. The van der Waals surface area contributed by atoms with Gasteiger partial charge in [0.05, 0.1) is 20.3 Å². The standard InChI is InChI=1S/C24H26N6O2/c1-29(19-3-4-22-17(13-19)5-7-25-22)23-6-8-26-24(28-23)27-18-14-20(16-21(15-18)31-2)30-9-11-32-12-10-30/h3-8,13-16,25H,9-12H2,1-2H3,(H,26,27,28). The molecule has 1 fully saturated rings. The fourth-order valence-electron chi connectivity index (χ4n) is 3.88. The summed E-state index contributed by atoms with van der Waals surface area (Å²) in [6, 6.07) is 16.3. The Morgan fingerprint density at radius 3 is 2.81 bits per heavy atom. The molecule has 1 aliphatic rings. The van der Waals surface area contributed by atoms with Crippen molar-refractivity contribution in [3.8, 4) is 5.75 Å². The van der Waals surface area contributed by atoms with E-state index in [9.17, 15) is 0 Å². The molecule has 0 saturated carbocycles. The largest absolute Gasteiger partial charge is 0.497 e. The lowest BCUT2D eigenvalue weighted by molar-refractivity contribution is 0.122. The molecule has 3 heterocycles. The molecule has 0 atom stereocenters. The number of anilines is 5. The van der Waals surface area contributed by atoms with E-state index in [2.05, 4.69) is 50.5 Å². The topological polar surface area (TPSA) is 78.5 Å². The summed E-state index contributed by atoms with van der Waals surface area (Å²) >= 11 is 0. The van der Waals surface area contributed by atoms with Crippen LogP contribution in [0.1, 0.15) is 0 Å². The summed E-state index contributed by atoms with van der Waals surface area (Å²) in [4.78, 5) is 16.7. The number of hydrogen-bond acceptors (Lipinski definition) is 7. The quantitative estimate of drug-likeness (QED) is 0.472. The molecule has 0 bridgehead atoms. The summed E-state index contributed by atoms with van der Waals surface area (Å²) in [5.41, 5.74) is 4.13. The number of rotatable bonds is 6. The monoisotopic (exact) mass is 430 g/mol. The lowest BCUT2D eigenvalue weighted by Gasteiger charge is -2.29. The summed E-state index contributed by atoms with van der Waals surface area (Å²) in [6.07, 6.45) is 3.71. The molecule has 0 radical (unpaired) electrons. The maximum atomic E-state index is 5.52. The first kappa shape index (κ1) is 20.1. The van der Waals surface area contributed by atoms with Gasteiger partial charge in [0.15, 0.2) is 0 Å². The van der Waals surface area contributed by atoms with Crippen LogP contribution in [0.3, 0.4) is 0 Å². The van der Waals surface area contributed by atoms with Crippen molar-refractivity contribution in [3.05, 3.63) is 60.9 Å². The van der Waals surface area contributed by atoms with Gasteiger partial charge < -0.3 is 29.6 Å². The molecule has 2 aromatic heterocycles. The van der Waals surface area contributed by atoms with Crippen molar-refractivity contribution in [2.45, 2.75) is 0 Å². The van der Waals surface area contributed by atoms with Gasteiger partial charge in [-0.05, 0) is 36.4 Å². The van der Waals surface area contributed by atoms with E-state index in [0.717, 1.165) is 65.8 Å². The van der Waals surface area contributed by atoms with Gasteiger partial charge in [-0.3, -0.25) is 0 Å². The summed E-state index contributed by atoms with van der Waals surface area (Å²) in [6.45, 7) is 3.17. The molecule has 0 unspecified atom stereocenters. The summed E-state index contributed by atoms with van der Waals surface area (Å²) in [7, 11) is 3.68. The zero-order chi connectivity index (χ0) is 21.9. The first-order valence-corrected chi connectivity index (χ1v) is 10.6. The van der Waals surface area contributed by atoms with E-state index in [0.29, 0.717) is 5.95 Å². The van der Waals surface area contributed by atoms with Gasteiger partial charge in [-0.1, -0.05) is 0 Å². The Morgan fingerprint density at radius 2 is 1.97 bits per heavy atom. The van der Waals surface area contributed by atoms with Crippen molar-refractivity contribution in [2.24, 2.45) is 0 Å². The third-order valence-electron chi connectivity index (χ3n) is 5.67. The maximum Gasteiger partial charge on any atom is 0.229 e. The predicted octanol–water partition coefficient (Wildman–Crippen LogP) is 4.31. The first-order chi connectivity index (χ1) is 15.7. The van der Waals surface area contributed by atoms with Crippen molar-refractivity contribution < 1.29 is 9.47 Å². The van der Waals surface area contributed by atoms with Crippen LogP contribution in [0, 0.1) is 0 Å². The Hall–Kier alpha value is -3.78. The smallest absolute Gasteiger partial charge is 0.229 e. The molecule has 0 spiro atoms. The molecule has 164 valence electrons. The summed E-state index contributed by atoms with van der Waals surface area (Å²) in [5, 5.41) is 4.50. The second-order valence-electron chi connectivity index (χ2n) is 7.69. The van der Waals surface area contributed by atoms with Crippen molar-refractivity contribution in [1.82, 2.24) is 15.0 Å². The highest BCUT2D eigenvalue weighted by Crippen LogP contribution is 2.30. The molecular formula is C24H26N6O2. The molecule has 32 heavy (non-hydrogen) atoms. The van der Waals surface area contributed by atoms with Crippen molar-refractivity contribution in [1.29, 1.82) is 0 Å². The minimum atomic E-state index is 0.526. The molecule has 8 heteroatoms. The van der Waals surface area contributed by atoms with E-state index in [1.54, 1.807) is 13.3 Å². The van der Waals surface area contributed by atoms with Gasteiger partial charge in [0.1, 0.15) is 11.6 Å². The van der Waals surface area contributed by atoms with Gasteiger partial charge in [0.25, 0.3) is 0 Å². The SMILES string of the molecule is COc1cc(Nc2nccc(N(C)c3ccc4[nH]ccc4c3)n2)cc(N2CCOCC2)c1.